The molecule has 0 amide bonds. The van der Waals surface area contributed by atoms with Gasteiger partial charge in [0.2, 0.25) is 7.98 Å². The van der Waals surface area contributed by atoms with Crippen LogP contribution in [0.3, 0.4) is 0 Å². The second-order valence-corrected chi connectivity index (χ2v) is 2.84. The molecule has 1 aromatic rings. The van der Waals surface area contributed by atoms with E-state index in [4.69, 9.17) is 0 Å². The number of pyridine rings is 1. The maximum atomic E-state index is 4.06. The van der Waals surface area contributed by atoms with Crippen molar-refractivity contribution in [2.24, 2.45) is 0 Å². The summed E-state index contributed by atoms with van der Waals surface area (Å²) >= 11 is 0. The molecule has 1 aliphatic rings. The summed E-state index contributed by atoms with van der Waals surface area (Å²) in [4.78, 5) is 6.19. The quantitative estimate of drug-likeness (QED) is 0.490. The highest BCUT2D eigenvalue weighted by Crippen LogP contribution is 2.27. The van der Waals surface area contributed by atoms with Crippen molar-refractivity contribution in [3.8, 4) is 0 Å². The maximum absolute atomic E-state index is 4.06. The lowest BCUT2D eigenvalue weighted by molar-refractivity contribution is 0.658. The third-order valence-electron chi connectivity index (χ3n) is 2.08. The SMILES string of the molecule is BN1Cc2cnccc2C1=C. The summed E-state index contributed by atoms with van der Waals surface area (Å²) in [6, 6.07) is 2.02. The average molecular weight is 144 g/mol. The predicted octanol–water partition coefficient (Wildman–Crippen LogP) is 0.416. The summed E-state index contributed by atoms with van der Waals surface area (Å²) in [5.74, 6) is 0. The highest BCUT2D eigenvalue weighted by molar-refractivity contribution is 6.10. The van der Waals surface area contributed by atoms with E-state index in [-0.39, 0.29) is 0 Å². The van der Waals surface area contributed by atoms with Crippen LogP contribution in [0.5, 0.6) is 0 Å². The van der Waals surface area contributed by atoms with E-state index in [1.165, 1.54) is 11.1 Å². The van der Waals surface area contributed by atoms with Gasteiger partial charge in [0, 0.05) is 30.2 Å². The van der Waals surface area contributed by atoms with Crippen LogP contribution in [0, 0.1) is 0 Å². The molecule has 0 aliphatic carbocycles. The number of nitrogens with zero attached hydrogens (tertiary/aromatic N) is 2. The van der Waals surface area contributed by atoms with Crippen LogP contribution in [0.25, 0.3) is 5.70 Å². The molecule has 0 radical (unpaired) electrons. The largest absolute Gasteiger partial charge is 0.418 e. The molecule has 3 heteroatoms. The van der Waals surface area contributed by atoms with Crippen molar-refractivity contribution in [2.75, 3.05) is 0 Å². The van der Waals surface area contributed by atoms with Gasteiger partial charge in [-0.05, 0) is 11.6 Å². The molecule has 1 aliphatic heterocycles. The van der Waals surface area contributed by atoms with Crippen LogP contribution in [-0.4, -0.2) is 17.8 Å². The molecule has 0 saturated heterocycles. The van der Waals surface area contributed by atoms with Crippen LogP contribution in [0.15, 0.2) is 25.0 Å². The van der Waals surface area contributed by atoms with Crippen molar-refractivity contribution in [3.63, 3.8) is 0 Å². The van der Waals surface area contributed by atoms with Gasteiger partial charge < -0.3 is 4.81 Å². The standard InChI is InChI=1S/C8H9BN2/c1-6-8-2-3-10-4-7(8)5-11(6)9/h2-4H,1,5,9H2. The van der Waals surface area contributed by atoms with Gasteiger partial charge in [-0.15, -0.1) is 0 Å². The Balaban J connectivity index is 2.55. The molecule has 0 fully saturated rings. The second-order valence-electron chi connectivity index (χ2n) is 2.84. The molecule has 11 heavy (non-hydrogen) atoms. The van der Waals surface area contributed by atoms with Gasteiger partial charge in [0.25, 0.3) is 0 Å². The fraction of sp³-hybridized carbons (Fsp3) is 0.125. The van der Waals surface area contributed by atoms with E-state index in [0.717, 1.165) is 12.2 Å². The Labute approximate surface area is 67.0 Å². The van der Waals surface area contributed by atoms with E-state index in [1.54, 1.807) is 0 Å². The molecule has 1 aromatic heterocycles. The number of rotatable bonds is 0. The lowest BCUT2D eigenvalue weighted by Crippen LogP contribution is -2.08. The van der Waals surface area contributed by atoms with E-state index >= 15 is 0 Å². The molecule has 0 spiro atoms. The number of fused-ring (bicyclic) bond motifs is 1. The Bertz CT molecular complexity index is 309. The van der Waals surface area contributed by atoms with E-state index in [2.05, 4.69) is 16.4 Å². The lowest BCUT2D eigenvalue weighted by atomic mass is 10.1. The first-order valence-corrected chi connectivity index (χ1v) is 3.62. The summed E-state index contributed by atoms with van der Waals surface area (Å²) < 4.78 is 0. The third kappa shape index (κ3) is 0.844. The molecular formula is C8H9BN2. The molecule has 54 valence electrons. The van der Waals surface area contributed by atoms with Gasteiger partial charge in [0.05, 0.1) is 0 Å². The molecule has 0 unspecified atom stereocenters. The van der Waals surface area contributed by atoms with Crippen molar-refractivity contribution in [1.82, 2.24) is 9.79 Å². The van der Waals surface area contributed by atoms with Crippen molar-refractivity contribution in [3.05, 3.63) is 36.2 Å². The lowest BCUT2D eigenvalue weighted by Gasteiger charge is -2.10. The molecule has 0 N–H and O–H groups in total. The fourth-order valence-corrected chi connectivity index (χ4v) is 1.39. The number of aromatic nitrogens is 1. The highest BCUT2D eigenvalue weighted by atomic mass is 15.1. The normalized spacial score (nSPS) is 15.3. The van der Waals surface area contributed by atoms with Crippen LogP contribution in [0.4, 0.5) is 0 Å². The first-order valence-electron chi connectivity index (χ1n) is 3.62. The average Bonchev–Trinajstić information content (AvgIpc) is 2.30. The van der Waals surface area contributed by atoms with Gasteiger partial charge in [-0.3, -0.25) is 4.98 Å². The molecular weight excluding hydrogens is 135 g/mol. The zero-order valence-corrected chi connectivity index (χ0v) is 6.54. The zero-order chi connectivity index (χ0) is 7.84. The molecule has 0 atom stereocenters. The Morgan fingerprint density at radius 3 is 3.18 bits per heavy atom. The molecule has 0 saturated carbocycles. The molecule has 2 nitrogen and oxygen atoms in total. The van der Waals surface area contributed by atoms with Gasteiger partial charge in [-0.25, -0.2) is 0 Å². The molecule has 2 heterocycles. The Morgan fingerprint density at radius 1 is 1.64 bits per heavy atom. The minimum absolute atomic E-state index is 0.946. The van der Waals surface area contributed by atoms with Crippen molar-refractivity contribution in [2.45, 2.75) is 6.54 Å². The summed E-state index contributed by atoms with van der Waals surface area (Å²) in [5.41, 5.74) is 3.62. The Hall–Kier alpha value is -1.25. The van der Waals surface area contributed by atoms with Gasteiger partial charge >= 0.3 is 0 Å². The summed E-state index contributed by atoms with van der Waals surface area (Å²) in [5, 5.41) is 0. The first kappa shape index (κ1) is 6.46. The number of hydrogen-bond donors (Lipinski definition) is 0. The van der Waals surface area contributed by atoms with Gasteiger partial charge in [-0.2, -0.15) is 0 Å². The van der Waals surface area contributed by atoms with E-state index in [9.17, 15) is 0 Å². The van der Waals surface area contributed by atoms with Crippen molar-refractivity contribution >= 4 is 13.7 Å². The van der Waals surface area contributed by atoms with Crippen LogP contribution >= 0.6 is 0 Å². The topological polar surface area (TPSA) is 16.1 Å². The summed E-state index contributed by atoms with van der Waals surface area (Å²) in [6.07, 6.45) is 3.72. The fourth-order valence-electron chi connectivity index (χ4n) is 1.39. The monoisotopic (exact) mass is 144 g/mol. The predicted molar refractivity (Wildman–Crippen MR) is 47.4 cm³/mol. The van der Waals surface area contributed by atoms with Crippen molar-refractivity contribution < 1.29 is 0 Å². The minimum Gasteiger partial charge on any atom is -0.418 e. The Kier molecular flexibility index (Phi) is 1.25. The van der Waals surface area contributed by atoms with Gasteiger partial charge in [0.15, 0.2) is 0 Å². The zero-order valence-electron chi connectivity index (χ0n) is 6.54. The van der Waals surface area contributed by atoms with Crippen LogP contribution in [0.2, 0.25) is 0 Å². The van der Waals surface area contributed by atoms with E-state index in [1.807, 2.05) is 26.4 Å². The minimum atomic E-state index is 0.946. The molecule has 0 bridgehead atoms. The smallest absolute Gasteiger partial charge is 0.217 e. The van der Waals surface area contributed by atoms with E-state index < -0.39 is 0 Å². The molecule has 0 aromatic carbocycles. The van der Waals surface area contributed by atoms with E-state index in [0.29, 0.717) is 0 Å². The third-order valence-corrected chi connectivity index (χ3v) is 2.08. The van der Waals surface area contributed by atoms with Crippen LogP contribution < -0.4 is 0 Å². The van der Waals surface area contributed by atoms with Crippen LogP contribution in [0.1, 0.15) is 11.1 Å². The van der Waals surface area contributed by atoms with Gasteiger partial charge in [-0.1, -0.05) is 6.58 Å². The van der Waals surface area contributed by atoms with Crippen LogP contribution in [-0.2, 0) is 6.54 Å². The summed E-state index contributed by atoms with van der Waals surface area (Å²) in [6.45, 7) is 4.92. The van der Waals surface area contributed by atoms with Gasteiger partial charge in [0.1, 0.15) is 0 Å². The van der Waals surface area contributed by atoms with Crippen molar-refractivity contribution in [1.29, 1.82) is 0 Å². The first-order chi connectivity index (χ1) is 5.29. The highest BCUT2D eigenvalue weighted by Gasteiger charge is 2.17. The number of hydrogen-bond acceptors (Lipinski definition) is 2. The maximum Gasteiger partial charge on any atom is 0.217 e. The second kappa shape index (κ2) is 2.12. The Morgan fingerprint density at radius 2 is 2.45 bits per heavy atom. The molecule has 2 rings (SSSR count). The summed E-state index contributed by atoms with van der Waals surface area (Å²) in [7, 11) is 2.04.